The van der Waals surface area contributed by atoms with Gasteiger partial charge >= 0.3 is 11.9 Å². The Morgan fingerprint density at radius 1 is 1.10 bits per heavy atom. The highest BCUT2D eigenvalue weighted by Gasteiger charge is 2.30. The van der Waals surface area contributed by atoms with Gasteiger partial charge in [-0.3, -0.25) is 0 Å². The fraction of sp³-hybridized carbons (Fsp3) is 0.143. The average molecular weight is 397 g/mol. The third-order valence-electron chi connectivity index (χ3n) is 4.94. The molecule has 5 nitrogen and oxygen atoms in total. The molecule has 4 aromatic rings. The molecule has 0 saturated heterocycles. The molecule has 0 saturated carbocycles. The number of rotatable bonds is 2. The van der Waals surface area contributed by atoms with Crippen LogP contribution in [0.2, 0.25) is 0 Å². The SMILES string of the molecule is O=c1oc2c(n1-c1ccc(-c3nc4cc(C(F)(F)F)ccc4[nH]3)cc1)C=CCC2. The van der Waals surface area contributed by atoms with E-state index < -0.39 is 17.5 Å². The minimum Gasteiger partial charge on any atom is -0.412 e. The zero-order valence-corrected chi connectivity index (χ0v) is 15.0. The number of nitrogens with zero attached hydrogens (tertiary/aromatic N) is 2. The molecular formula is C21H14F3N3O2. The highest BCUT2D eigenvalue weighted by atomic mass is 19.4. The molecule has 5 rings (SSSR count). The van der Waals surface area contributed by atoms with Gasteiger partial charge in [-0.2, -0.15) is 13.2 Å². The van der Waals surface area contributed by atoms with Crippen molar-refractivity contribution >= 4 is 17.1 Å². The number of fused-ring (bicyclic) bond motifs is 2. The number of hydrogen-bond acceptors (Lipinski definition) is 3. The van der Waals surface area contributed by atoms with E-state index in [1.165, 1.54) is 10.6 Å². The Balaban J connectivity index is 1.52. The Labute approximate surface area is 162 Å². The van der Waals surface area contributed by atoms with E-state index in [1.54, 1.807) is 24.3 Å². The van der Waals surface area contributed by atoms with Crippen molar-refractivity contribution in [3.05, 3.63) is 76.1 Å². The monoisotopic (exact) mass is 397 g/mol. The molecule has 2 heterocycles. The number of aryl methyl sites for hydroxylation is 1. The van der Waals surface area contributed by atoms with Gasteiger partial charge in [0.25, 0.3) is 0 Å². The number of allylic oxidation sites excluding steroid dienone is 1. The van der Waals surface area contributed by atoms with Crippen LogP contribution in [0.1, 0.15) is 23.4 Å². The molecule has 29 heavy (non-hydrogen) atoms. The van der Waals surface area contributed by atoms with Crippen LogP contribution in [0.25, 0.3) is 34.2 Å². The maximum Gasteiger partial charge on any atom is 0.424 e. The van der Waals surface area contributed by atoms with Crippen LogP contribution in [0.5, 0.6) is 0 Å². The van der Waals surface area contributed by atoms with E-state index in [-0.39, 0.29) is 5.52 Å². The summed E-state index contributed by atoms with van der Waals surface area (Å²) in [5, 5.41) is 0. The van der Waals surface area contributed by atoms with Crippen LogP contribution >= 0.6 is 0 Å². The first kappa shape index (κ1) is 17.5. The lowest BCUT2D eigenvalue weighted by Crippen LogP contribution is -2.13. The molecule has 8 heteroatoms. The number of aromatic nitrogens is 3. The van der Waals surface area contributed by atoms with Crippen LogP contribution in [-0.2, 0) is 12.6 Å². The molecule has 1 aliphatic rings. The van der Waals surface area contributed by atoms with E-state index in [4.69, 9.17) is 4.42 Å². The topological polar surface area (TPSA) is 63.8 Å². The van der Waals surface area contributed by atoms with Crippen LogP contribution in [0.3, 0.4) is 0 Å². The number of aromatic amines is 1. The zero-order valence-electron chi connectivity index (χ0n) is 15.0. The molecule has 1 aliphatic carbocycles. The largest absolute Gasteiger partial charge is 0.424 e. The number of imidazole rings is 1. The van der Waals surface area contributed by atoms with Gasteiger partial charge in [0.05, 0.1) is 28.0 Å². The van der Waals surface area contributed by atoms with Gasteiger partial charge < -0.3 is 9.40 Å². The second-order valence-electron chi connectivity index (χ2n) is 6.81. The summed E-state index contributed by atoms with van der Waals surface area (Å²) < 4.78 is 45.5. The van der Waals surface area contributed by atoms with Gasteiger partial charge in [-0.1, -0.05) is 6.08 Å². The number of nitrogens with one attached hydrogen (secondary N) is 1. The number of halogens is 3. The lowest BCUT2D eigenvalue weighted by molar-refractivity contribution is -0.137. The second kappa shape index (κ2) is 6.23. The third-order valence-corrected chi connectivity index (χ3v) is 4.94. The predicted molar refractivity (Wildman–Crippen MR) is 102 cm³/mol. The van der Waals surface area contributed by atoms with E-state index in [2.05, 4.69) is 9.97 Å². The van der Waals surface area contributed by atoms with Crippen molar-refractivity contribution < 1.29 is 17.6 Å². The summed E-state index contributed by atoms with van der Waals surface area (Å²) in [6, 6.07) is 10.4. The summed E-state index contributed by atoms with van der Waals surface area (Å²) in [6.45, 7) is 0. The Bertz CT molecular complexity index is 1310. The van der Waals surface area contributed by atoms with Crippen molar-refractivity contribution in [3.8, 4) is 17.1 Å². The summed E-state index contributed by atoms with van der Waals surface area (Å²) in [5.41, 5.74) is 2.09. The van der Waals surface area contributed by atoms with Crippen molar-refractivity contribution in [2.45, 2.75) is 19.0 Å². The van der Waals surface area contributed by atoms with Gasteiger partial charge in [-0.25, -0.2) is 14.3 Å². The summed E-state index contributed by atoms with van der Waals surface area (Å²) >= 11 is 0. The molecule has 0 spiro atoms. The number of H-pyrrole nitrogens is 1. The van der Waals surface area contributed by atoms with E-state index in [0.717, 1.165) is 24.2 Å². The van der Waals surface area contributed by atoms with Gasteiger partial charge in [0.15, 0.2) is 0 Å². The van der Waals surface area contributed by atoms with E-state index >= 15 is 0 Å². The van der Waals surface area contributed by atoms with Crippen molar-refractivity contribution in [1.82, 2.24) is 14.5 Å². The molecule has 1 N–H and O–H groups in total. The summed E-state index contributed by atoms with van der Waals surface area (Å²) in [6.07, 6.45) is 0.966. The molecule has 0 atom stereocenters. The molecule has 0 radical (unpaired) electrons. The minimum absolute atomic E-state index is 0.240. The zero-order chi connectivity index (χ0) is 20.2. The lowest BCUT2D eigenvalue weighted by atomic mass is 10.1. The maximum absolute atomic E-state index is 12.9. The summed E-state index contributed by atoms with van der Waals surface area (Å²) in [4.78, 5) is 19.6. The van der Waals surface area contributed by atoms with Gasteiger partial charge in [-0.05, 0) is 55.0 Å². The van der Waals surface area contributed by atoms with Gasteiger partial charge in [0, 0.05) is 12.0 Å². The van der Waals surface area contributed by atoms with Crippen molar-refractivity contribution in [2.24, 2.45) is 0 Å². The van der Waals surface area contributed by atoms with E-state index in [9.17, 15) is 18.0 Å². The van der Waals surface area contributed by atoms with Crippen LogP contribution in [0.4, 0.5) is 13.2 Å². The third kappa shape index (κ3) is 2.97. The summed E-state index contributed by atoms with van der Waals surface area (Å²) in [7, 11) is 0. The molecule has 146 valence electrons. The highest BCUT2D eigenvalue weighted by Crippen LogP contribution is 2.32. The van der Waals surface area contributed by atoms with Gasteiger partial charge in [0.1, 0.15) is 11.6 Å². The van der Waals surface area contributed by atoms with Gasteiger partial charge in [-0.15, -0.1) is 0 Å². The Morgan fingerprint density at radius 2 is 1.90 bits per heavy atom. The fourth-order valence-electron chi connectivity index (χ4n) is 3.51. The first-order valence-electron chi connectivity index (χ1n) is 8.99. The summed E-state index contributed by atoms with van der Waals surface area (Å²) in [5.74, 6) is 0.671. The second-order valence-corrected chi connectivity index (χ2v) is 6.81. The first-order valence-corrected chi connectivity index (χ1v) is 8.99. The molecule has 0 fully saturated rings. The maximum atomic E-state index is 12.9. The molecule has 0 aliphatic heterocycles. The van der Waals surface area contributed by atoms with E-state index in [1.807, 2.05) is 12.2 Å². The Morgan fingerprint density at radius 3 is 2.66 bits per heavy atom. The fourth-order valence-corrected chi connectivity index (χ4v) is 3.51. The molecule has 0 unspecified atom stereocenters. The van der Waals surface area contributed by atoms with E-state index in [0.29, 0.717) is 34.8 Å². The Kier molecular flexibility index (Phi) is 3.77. The number of benzene rings is 2. The van der Waals surface area contributed by atoms with Crippen molar-refractivity contribution in [2.75, 3.05) is 0 Å². The predicted octanol–water partition coefficient (Wildman–Crippen LogP) is 4.95. The smallest absolute Gasteiger partial charge is 0.412 e. The van der Waals surface area contributed by atoms with Crippen molar-refractivity contribution in [1.29, 1.82) is 0 Å². The Hall–Kier alpha value is -3.55. The van der Waals surface area contributed by atoms with Crippen molar-refractivity contribution in [3.63, 3.8) is 0 Å². The van der Waals surface area contributed by atoms with Crippen LogP contribution in [0.15, 0.2) is 57.8 Å². The average Bonchev–Trinajstić information content (AvgIpc) is 3.27. The van der Waals surface area contributed by atoms with Crippen LogP contribution in [0, 0.1) is 0 Å². The lowest BCUT2D eigenvalue weighted by Gasteiger charge is -2.07. The molecular weight excluding hydrogens is 383 g/mol. The van der Waals surface area contributed by atoms with Gasteiger partial charge in [0.2, 0.25) is 0 Å². The first-order chi connectivity index (χ1) is 13.9. The molecule has 0 amide bonds. The normalized spacial score (nSPS) is 13.8. The van der Waals surface area contributed by atoms with Crippen LogP contribution < -0.4 is 5.76 Å². The molecule has 0 bridgehead atoms. The molecule has 2 aromatic heterocycles. The minimum atomic E-state index is -4.42. The molecule has 2 aromatic carbocycles. The van der Waals surface area contributed by atoms with Crippen LogP contribution in [-0.4, -0.2) is 14.5 Å². The number of oxazole rings is 1. The number of alkyl halides is 3. The highest BCUT2D eigenvalue weighted by molar-refractivity contribution is 5.80. The standard InChI is InChI=1S/C21H14F3N3O2/c22-21(23,24)13-7-10-15-16(11-13)26-19(25-15)12-5-8-14(9-6-12)27-17-3-1-2-4-18(17)29-20(27)28/h1,3,5-11H,2,4H2,(H,25,26). The number of hydrogen-bond donors (Lipinski definition) is 1. The quantitative estimate of drug-likeness (QED) is 0.520.